The molecule has 3 nitrogen and oxygen atoms in total. The molecule has 0 aliphatic carbocycles. The Labute approximate surface area is 103 Å². The Hall–Kier alpha value is -1.35. The van der Waals surface area contributed by atoms with Crippen molar-refractivity contribution in [2.75, 3.05) is 20.7 Å². The maximum Gasteiger partial charge on any atom is 0.326 e. The number of hydrogen-bond donors (Lipinski definition) is 0. The van der Waals surface area contributed by atoms with E-state index in [1.54, 1.807) is 0 Å². The van der Waals surface area contributed by atoms with E-state index in [9.17, 15) is 4.79 Å². The molecule has 0 spiro atoms. The molecule has 0 saturated carbocycles. The summed E-state index contributed by atoms with van der Waals surface area (Å²) in [5, 5.41) is 0. The van der Waals surface area contributed by atoms with E-state index in [0.29, 0.717) is 6.42 Å². The highest BCUT2D eigenvalue weighted by molar-refractivity contribution is 5.80. The summed E-state index contributed by atoms with van der Waals surface area (Å²) in [6, 6.07) is 10.0. The van der Waals surface area contributed by atoms with Gasteiger partial charge in [0.1, 0.15) is 5.54 Å². The van der Waals surface area contributed by atoms with Crippen molar-refractivity contribution >= 4 is 5.97 Å². The van der Waals surface area contributed by atoms with Gasteiger partial charge < -0.3 is 4.74 Å². The van der Waals surface area contributed by atoms with Crippen LogP contribution in [0.5, 0.6) is 0 Å². The van der Waals surface area contributed by atoms with Gasteiger partial charge in [-0.15, -0.1) is 0 Å². The first-order valence-electron chi connectivity index (χ1n) is 5.88. The second-order valence-corrected chi connectivity index (χ2v) is 4.44. The maximum atomic E-state index is 12.0. The van der Waals surface area contributed by atoms with Gasteiger partial charge in [-0.3, -0.25) is 9.69 Å². The van der Waals surface area contributed by atoms with Crippen LogP contribution in [-0.2, 0) is 16.0 Å². The van der Waals surface area contributed by atoms with Gasteiger partial charge in [-0.1, -0.05) is 37.3 Å². The fourth-order valence-electron chi connectivity index (χ4n) is 1.93. The third-order valence-corrected chi connectivity index (χ3v) is 3.33. The molecule has 0 saturated heterocycles. The molecule has 0 heterocycles. The number of hydrogen-bond acceptors (Lipinski definition) is 3. The number of likely N-dealkylation sites (N-methyl/N-ethyl adjacent to an activating group) is 1. The van der Waals surface area contributed by atoms with Gasteiger partial charge >= 0.3 is 5.97 Å². The van der Waals surface area contributed by atoms with E-state index in [1.165, 1.54) is 7.11 Å². The molecule has 0 bridgehead atoms. The molecule has 1 aromatic carbocycles. The Morgan fingerprint density at radius 1 is 1.35 bits per heavy atom. The fourth-order valence-corrected chi connectivity index (χ4v) is 1.93. The van der Waals surface area contributed by atoms with E-state index in [0.717, 1.165) is 12.1 Å². The van der Waals surface area contributed by atoms with Gasteiger partial charge in [0.2, 0.25) is 0 Å². The zero-order valence-electron chi connectivity index (χ0n) is 11.1. The van der Waals surface area contributed by atoms with E-state index in [4.69, 9.17) is 4.74 Å². The van der Waals surface area contributed by atoms with Crippen LogP contribution < -0.4 is 0 Å². The molecule has 0 fully saturated rings. The Kier molecular flexibility index (Phi) is 4.70. The lowest BCUT2D eigenvalue weighted by Gasteiger charge is -2.35. The number of benzene rings is 1. The van der Waals surface area contributed by atoms with Crippen molar-refractivity contribution in [3.05, 3.63) is 35.9 Å². The van der Waals surface area contributed by atoms with E-state index in [2.05, 4.69) is 0 Å². The normalized spacial score (nSPS) is 14.4. The third kappa shape index (κ3) is 3.07. The minimum Gasteiger partial charge on any atom is -0.468 e. The van der Waals surface area contributed by atoms with Crippen molar-refractivity contribution in [1.82, 2.24) is 4.90 Å². The SMILES string of the molecule is CCN(C)C(C)(Cc1ccccc1)C(=O)OC. The Morgan fingerprint density at radius 3 is 2.41 bits per heavy atom. The number of rotatable bonds is 5. The van der Waals surface area contributed by atoms with Crippen LogP contribution in [0.2, 0.25) is 0 Å². The van der Waals surface area contributed by atoms with Crippen LogP contribution >= 0.6 is 0 Å². The molecular weight excluding hydrogens is 214 g/mol. The maximum absolute atomic E-state index is 12.0. The van der Waals surface area contributed by atoms with Crippen molar-refractivity contribution in [2.45, 2.75) is 25.8 Å². The molecule has 0 aliphatic rings. The van der Waals surface area contributed by atoms with Crippen LogP contribution in [0.15, 0.2) is 30.3 Å². The highest BCUT2D eigenvalue weighted by atomic mass is 16.5. The highest BCUT2D eigenvalue weighted by Crippen LogP contribution is 2.21. The molecule has 3 heteroatoms. The van der Waals surface area contributed by atoms with Gasteiger partial charge in [-0.05, 0) is 26.1 Å². The first-order chi connectivity index (χ1) is 8.04. The Balaban J connectivity index is 2.96. The number of nitrogens with zero attached hydrogens (tertiary/aromatic N) is 1. The van der Waals surface area contributed by atoms with Crippen molar-refractivity contribution in [1.29, 1.82) is 0 Å². The summed E-state index contributed by atoms with van der Waals surface area (Å²) in [7, 11) is 3.38. The highest BCUT2D eigenvalue weighted by Gasteiger charge is 2.37. The second-order valence-electron chi connectivity index (χ2n) is 4.44. The zero-order chi connectivity index (χ0) is 12.9. The molecule has 0 amide bonds. The number of carbonyl (C=O) groups is 1. The van der Waals surface area contributed by atoms with Gasteiger partial charge in [0.05, 0.1) is 7.11 Å². The van der Waals surface area contributed by atoms with Crippen LogP contribution in [0.3, 0.4) is 0 Å². The topological polar surface area (TPSA) is 29.5 Å². The zero-order valence-corrected chi connectivity index (χ0v) is 11.1. The van der Waals surface area contributed by atoms with Gasteiger partial charge in [0.15, 0.2) is 0 Å². The summed E-state index contributed by atoms with van der Waals surface area (Å²) in [6.07, 6.45) is 0.658. The standard InChI is InChI=1S/C14H21NO2/c1-5-15(3)14(2,13(16)17-4)11-12-9-7-6-8-10-12/h6-10H,5,11H2,1-4H3. The van der Waals surface area contributed by atoms with Crippen molar-refractivity contribution in [3.63, 3.8) is 0 Å². The molecule has 1 aromatic rings. The second kappa shape index (κ2) is 5.82. The van der Waals surface area contributed by atoms with E-state index in [1.807, 2.05) is 56.1 Å². The molecule has 1 unspecified atom stereocenters. The molecule has 0 aliphatic heterocycles. The summed E-state index contributed by atoms with van der Waals surface area (Å²) in [5.41, 5.74) is 0.533. The Morgan fingerprint density at radius 2 is 1.94 bits per heavy atom. The summed E-state index contributed by atoms with van der Waals surface area (Å²) in [4.78, 5) is 14.0. The average Bonchev–Trinajstić information content (AvgIpc) is 2.37. The molecule has 0 aromatic heterocycles. The van der Waals surface area contributed by atoms with Crippen LogP contribution in [-0.4, -0.2) is 37.1 Å². The largest absolute Gasteiger partial charge is 0.468 e. The van der Waals surface area contributed by atoms with Crippen molar-refractivity contribution in [3.8, 4) is 0 Å². The molecule has 1 atom stereocenters. The third-order valence-electron chi connectivity index (χ3n) is 3.33. The first kappa shape index (κ1) is 13.7. The van der Waals surface area contributed by atoms with E-state index in [-0.39, 0.29) is 5.97 Å². The lowest BCUT2D eigenvalue weighted by molar-refractivity contribution is -0.153. The quantitative estimate of drug-likeness (QED) is 0.732. The molecule has 0 radical (unpaired) electrons. The lowest BCUT2D eigenvalue weighted by Crippen LogP contribution is -2.52. The predicted octanol–water partition coefficient (Wildman–Crippen LogP) is 2.11. The van der Waals surface area contributed by atoms with Crippen molar-refractivity contribution in [2.24, 2.45) is 0 Å². The van der Waals surface area contributed by atoms with Crippen LogP contribution in [0, 0.1) is 0 Å². The van der Waals surface area contributed by atoms with Gasteiger partial charge in [0, 0.05) is 6.42 Å². The van der Waals surface area contributed by atoms with E-state index < -0.39 is 5.54 Å². The van der Waals surface area contributed by atoms with Crippen LogP contribution in [0.1, 0.15) is 19.4 Å². The van der Waals surface area contributed by atoms with E-state index >= 15 is 0 Å². The minimum absolute atomic E-state index is 0.189. The molecule has 94 valence electrons. The number of carbonyl (C=O) groups excluding carboxylic acids is 1. The van der Waals surface area contributed by atoms with Gasteiger partial charge in [0.25, 0.3) is 0 Å². The minimum atomic E-state index is -0.606. The number of esters is 1. The smallest absolute Gasteiger partial charge is 0.326 e. The summed E-state index contributed by atoms with van der Waals surface area (Å²) >= 11 is 0. The van der Waals surface area contributed by atoms with Gasteiger partial charge in [-0.25, -0.2) is 0 Å². The lowest BCUT2D eigenvalue weighted by atomic mass is 9.91. The number of ether oxygens (including phenoxy) is 1. The van der Waals surface area contributed by atoms with Gasteiger partial charge in [-0.2, -0.15) is 0 Å². The first-order valence-corrected chi connectivity index (χ1v) is 5.88. The molecule has 1 rings (SSSR count). The Bertz CT molecular complexity index is 364. The molecule has 17 heavy (non-hydrogen) atoms. The fraction of sp³-hybridized carbons (Fsp3) is 0.500. The van der Waals surface area contributed by atoms with Crippen molar-refractivity contribution < 1.29 is 9.53 Å². The summed E-state index contributed by atoms with van der Waals surface area (Å²) in [6.45, 7) is 4.76. The number of methoxy groups -OCH3 is 1. The average molecular weight is 235 g/mol. The van der Waals surface area contributed by atoms with Crippen LogP contribution in [0.4, 0.5) is 0 Å². The summed E-state index contributed by atoms with van der Waals surface area (Å²) < 4.78 is 4.93. The monoisotopic (exact) mass is 235 g/mol. The molecule has 0 N–H and O–H groups in total. The predicted molar refractivity (Wildman–Crippen MR) is 68.9 cm³/mol. The van der Waals surface area contributed by atoms with Crippen LogP contribution in [0.25, 0.3) is 0 Å². The summed E-state index contributed by atoms with van der Waals surface area (Å²) in [5.74, 6) is -0.189. The molecular formula is C14H21NO2.